The van der Waals surface area contributed by atoms with Crippen molar-refractivity contribution >= 4 is 27.4 Å². The predicted octanol–water partition coefficient (Wildman–Crippen LogP) is 3.43. The van der Waals surface area contributed by atoms with Crippen LogP contribution >= 0.6 is 11.3 Å². The molecule has 1 fully saturated rings. The van der Waals surface area contributed by atoms with E-state index in [1.807, 2.05) is 11.4 Å². The van der Waals surface area contributed by atoms with Gasteiger partial charge in [0.05, 0.1) is 15.8 Å². The molecule has 2 aromatic heterocycles. The molecule has 0 atom stereocenters. The number of fused-ring (bicyclic) bond motifs is 1. The van der Waals surface area contributed by atoms with E-state index in [-0.39, 0.29) is 0 Å². The molecule has 5 heteroatoms. The first-order valence-electron chi connectivity index (χ1n) is 7.12. The number of nitrogens with one attached hydrogen (secondary N) is 1. The molecule has 3 rings (SSSR count). The molecule has 4 nitrogen and oxygen atoms in total. The number of rotatable bonds is 3. The Bertz CT molecular complexity index is 598. The predicted molar refractivity (Wildman–Crippen MR) is 83.1 cm³/mol. The fourth-order valence-electron chi connectivity index (χ4n) is 2.73. The van der Waals surface area contributed by atoms with E-state index in [0.717, 1.165) is 41.7 Å². The second-order valence-corrected chi connectivity index (χ2v) is 7.52. The molecule has 20 heavy (non-hydrogen) atoms. The number of thiophene rings is 1. The third kappa shape index (κ3) is 2.79. The summed E-state index contributed by atoms with van der Waals surface area (Å²) in [6.45, 7) is 5.12. The first-order valence-corrected chi connectivity index (χ1v) is 8.00. The Morgan fingerprint density at radius 2 is 2.00 bits per heavy atom. The van der Waals surface area contributed by atoms with Crippen LogP contribution in [0.5, 0.6) is 0 Å². The Labute approximate surface area is 123 Å². The fraction of sp³-hybridized carbons (Fsp3) is 0.600. The van der Waals surface area contributed by atoms with Gasteiger partial charge < -0.3 is 10.4 Å². The normalized spacial score (nSPS) is 20.9. The van der Waals surface area contributed by atoms with Crippen LogP contribution in [0.3, 0.4) is 0 Å². The lowest BCUT2D eigenvalue weighted by Crippen LogP contribution is -2.42. The summed E-state index contributed by atoms with van der Waals surface area (Å²) >= 11 is 1.63. The van der Waals surface area contributed by atoms with Gasteiger partial charge in [-0.3, -0.25) is 0 Å². The lowest BCUT2D eigenvalue weighted by Gasteiger charge is -2.40. The number of hydrogen-bond acceptors (Lipinski definition) is 5. The first-order chi connectivity index (χ1) is 9.48. The van der Waals surface area contributed by atoms with Crippen LogP contribution in [0.25, 0.3) is 10.2 Å². The molecule has 108 valence electrons. The van der Waals surface area contributed by atoms with E-state index < -0.39 is 5.60 Å². The quantitative estimate of drug-likeness (QED) is 0.909. The zero-order chi connectivity index (χ0) is 14.2. The summed E-state index contributed by atoms with van der Waals surface area (Å²) in [4.78, 5) is 8.53. The van der Waals surface area contributed by atoms with Crippen molar-refractivity contribution in [3.8, 4) is 0 Å². The summed E-state index contributed by atoms with van der Waals surface area (Å²) in [6, 6.07) is 1.99. The highest BCUT2D eigenvalue weighted by molar-refractivity contribution is 7.17. The molecular formula is C15H21N3OS. The minimum Gasteiger partial charge on any atom is -0.388 e. The number of nitrogens with zero attached hydrogens (tertiary/aromatic N) is 2. The van der Waals surface area contributed by atoms with E-state index in [4.69, 9.17) is 0 Å². The molecule has 0 amide bonds. The van der Waals surface area contributed by atoms with E-state index in [1.54, 1.807) is 17.7 Å². The maximum Gasteiger partial charge on any atom is 0.147 e. The fourth-order valence-corrected chi connectivity index (χ4v) is 3.54. The maximum absolute atomic E-state index is 10.7. The molecule has 2 N–H and O–H groups in total. The molecule has 0 bridgehead atoms. The van der Waals surface area contributed by atoms with E-state index in [0.29, 0.717) is 12.0 Å². The largest absolute Gasteiger partial charge is 0.388 e. The summed E-state index contributed by atoms with van der Waals surface area (Å²) < 4.78 is 1.06. The second kappa shape index (κ2) is 4.97. The van der Waals surface area contributed by atoms with Gasteiger partial charge in [0.1, 0.15) is 12.1 Å². The highest BCUT2D eigenvalue weighted by atomic mass is 32.1. The molecule has 0 saturated heterocycles. The lowest BCUT2D eigenvalue weighted by atomic mass is 9.71. The molecule has 0 spiro atoms. The number of aliphatic hydroxyl groups is 1. The van der Waals surface area contributed by atoms with Crippen molar-refractivity contribution in [3.05, 3.63) is 17.8 Å². The Morgan fingerprint density at radius 1 is 1.25 bits per heavy atom. The van der Waals surface area contributed by atoms with Crippen molar-refractivity contribution in [2.45, 2.75) is 45.1 Å². The van der Waals surface area contributed by atoms with Gasteiger partial charge in [-0.05, 0) is 42.5 Å². The molecule has 0 aromatic carbocycles. The van der Waals surface area contributed by atoms with Crippen molar-refractivity contribution in [1.29, 1.82) is 0 Å². The molecule has 1 aliphatic carbocycles. The smallest absolute Gasteiger partial charge is 0.147 e. The highest BCUT2D eigenvalue weighted by Crippen LogP contribution is 2.40. The van der Waals surface area contributed by atoms with Gasteiger partial charge >= 0.3 is 0 Å². The topological polar surface area (TPSA) is 58.0 Å². The number of anilines is 1. The van der Waals surface area contributed by atoms with E-state index in [9.17, 15) is 5.11 Å². The van der Waals surface area contributed by atoms with Crippen LogP contribution in [0.1, 0.15) is 39.5 Å². The average molecular weight is 291 g/mol. The van der Waals surface area contributed by atoms with Gasteiger partial charge in [-0.1, -0.05) is 13.8 Å². The van der Waals surface area contributed by atoms with Gasteiger partial charge in [0.25, 0.3) is 0 Å². The van der Waals surface area contributed by atoms with Gasteiger partial charge in [0.2, 0.25) is 0 Å². The molecule has 0 aliphatic heterocycles. The summed E-state index contributed by atoms with van der Waals surface area (Å²) in [6.07, 6.45) is 5.43. The SMILES string of the molecule is CC1(C)CCC(O)(CNc2ncnc3ccsc23)CC1. The van der Waals surface area contributed by atoms with Crippen LogP contribution in [-0.2, 0) is 0 Å². The Hall–Kier alpha value is -1.20. The second-order valence-electron chi connectivity index (χ2n) is 6.60. The lowest BCUT2D eigenvalue weighted by molar-refractivity contribution is -0.0145. The third-order valence-electron chi connectivity index (χ3n) is 4.36. The van der Waals surface area contributed by atoms with Crippen molar-refractivity contribution in [2.75, 3.05) is 11.9 Å². The van der Waals surface area contributed by atoms with Gasteiger partial charge in [0, 0.05) is 6.54 Å². The maximum atomic E-state index is 10.7. The van der Waals surface area contributed by atoms with Crippen LogP contribution < -0.4 is 5.32 Å². The standard InChI is InChI=1S/C15H21N3OS/c1-14(2)4-6-15(19,7-5-14)9-16-13-12-11(3-8-20-12)17-10-18-13/h3,8,10,19H,4-7,9H2,1-2H3,(H,16,17,18). The molecule has 1 saturated carbocycles. The van der Waals surface area contributed by atoms with Crippen LogP contribution in [-0.4, -0.2) is 27.2 Å². The Kier molecular flexibility index (Phi) is 3.42. The number of hydrogen-bond donors (Lipinski definition) is 2. The molecule has 1 aliphatic rings. The molecule has 0 unspecified atom stereocenters. The van der Waals surface area contributed by atoms with Gasteiger partial charge in [0.15, 0.2) is 0 Å². The zero-order valence-electron chi connectivity index (χ0n) is 12.0. The van der Waals surface area contributed by atoms with Crippen LogP contribution in [0.15, 0.2) is 17.8 Å². The summed E-state index contributed by atoms with van der Waals surface area (Å²) in [5.41, 5.74) is 0.718. The monoisotopic (exact) mass is 291 g/mol. The summed E-state index contributed by atoms with van der Waals surface area (Å²) in [5, 5.41) is 16.0. The van der Waals surface area contributed by atoms with Gasteiger partial charge in [-0.25, -0.2) is 9.97 Å². The zero-order valence-corrected chi connectivity index (χ0v) is 12.8. The van der Waals surface area contributed by atoms with Gasteiger partial charge in [-0.15, -0.1) is 11.3 Å². The van der Waals surface area contributed by atoms with E-state index in [2.05, 4.69) is 29.1 Å². The summed E-state index contributed by atoms with van der Waals surface area (Å²) in [7, 11) is 0. The minimum atomic E-state index is -0.607. The van der Waals surface area contributed by atoms with Crippen LogP contribution in [0, 0.1) is 5.41 Å². The van der Waals surface area contributed by atoms with Crippen molar-refractivity contribution in [2.24, 2.45) is 5.41 Å². The number of aromatic nitrogens is 2. The van der Waals surface area contributed by atoms with E-state index >= 15 is 0 Å². The Balaban J connectivity index is 1.69. The van der Waals surface area contributed by atoms with Crippen molar-refractivity contribution in [1.82, 2.24) is 9.97 Å². The average Bonchev–Trinajstić information content (AvgIpc) is 2.89. The highest BCUT2D eigenvalue weighted by Gasteiger charge is 2.36. The van der Waals surface area contributed by atoms with Crippen molar-refractivity contribution in [3.63, 3.8) is 0 Å². The summed E-state index contributed by atoms with van der Waals surface area (Å²) in [5.74, 6) is 0.836. The van der Waals surface area contributed by atoms with Gasteiger partial charge in [-0.2, -0.15) is 0 Å². The van der Waals surface area contributed by atoms with Crippen molar-refractivity contribution < 1.29 is 5.11 Å². The minimum absolute atomic E-state index is 0.363. The molecule has 2 heterocycles. The first kappa shape index (κ1) is 13.8. The third-order valence-corrected chi connectivity index (χ3v) is 5.27. The molecule has 0 radical (unpaired) electrons. The molecular weight excluding hydrogens is 270 g/mol. The molecule has 2 aromatic rings. The Morgan fingerprint density at radius 3 is 2.75 bits per heavy atom. The van der Waals surface area contributed by atoms with Crippen LogP contribution in [0.2, 0.25) is 0 Å². The van der Waals surface area contributed by atoms with E-state index in [1.165, 1.54) is 0 Å². The van der Waals surface area contributed by atoms with Crippen LogP contribution in [0.4, 0.5) is 5.82 Å².